The lowest BCUT2D eigenvalue weighted by molar-refractivity contribution is -0.124. The normalized spacial score (nSPS) is 11.3. The van der Waals surface area contributed by atoms with E-state index in [2.05, 4.69) is 5.32 Å². The Morgan fingerprint density at radius 3 is 2.55 bits per heavy atom. The zero-order valence-corrected chi connectivity index (χ0v) is 11.9. The van der Waals surface area contributed by atoms with Crippen molar-refractivity contribution in [2.75, 3.05) is 13.2 Å². The van der Waals surface area contributed by atoms with E-state index in [9.17, 15) is 9.90 Å². The van der Waals surface area contributed by atoms with Crippen molar-refractivity contribution in [3.05, 3.63) is 65.7 Å². The maximum atomic E-state index is 11.9. The van der Waals surface area contributed by atoms with E-state index in [1.165, 1.54) is 0 Å². The van der Waals surface area contributed by atoms with Gasteiger partial charge in [0.15, 0.2) is 6.61 Å². The first-order valence-corrected chi connectivity index (χ1v) is 6.81. The first-order valence-electron chi connectivity index (χ1n) is 6.81. The first kappa shape index (κ1) is 15.5. The van der Waals surface area contributed by atoms with Crippen molar-refractivity contribution in [1.82, 2.24) is 5.32 Å². The first-order chi connectivity index (χ1) is 10.7. The molecule has 0 bridgehead atoms. The monoisotopic (exact) mass is 296 g/mol. The fraction of sp³-hybridized carbons (Fsp3) is 0.176. The van der Waals surface area contributed by atoms with Crippen LogP contribution in [-0.2, 0) is 4.79 Å². The average molecular weight is 296 g/mol. The molecule has 2 N–H and O–H groups in total. The second-order valence-electron chi connectivity index (χ2n) is 4.61. The Balaban J connectivity index is 1.94. The van der Waals surface area contributed by atoms with Gasteiger partial charge in [-0.15, -0.1) is 0 Å². The third-order valence-corrected chi connectivity index (χ3v) is 3.09. The Bertz CT molecular complexity index is 665. The van der Waals surface area contributed by atoms with Crippen LogP contribution in [0.4, 0.5) is 0 Å². The highest BCUT2D eigenvalue weighted by Gasteiger charge is 2.14. The number of para-hydroxylation sites is 1. The summed E-state index contributed by atoms with van der Waals surface area (Å²) < 4.78 is 5.35. The molecule has 0 fully saturated rings. The molecule has 5 nitrogen and oxygen atoms in total. The zero-order chi connectivity index (χ0) is 15.8. The van der Waals surface area contributed by atoms with Gasteiger partial charge >= 0.3 is 0 Å². The molecule has 0 aliphatic heterocycles. The van der Waals surface area contributed by atoms with Crippen LogP contribution in [0.25, 0.3) is 0 Å². The predicted molar refractivity (Wildman–Crippen MR) is 81.1 cm³/mol. The Hall–Kier alpha value is -2.84. The summed E-state index contributed by atoms with van der Waals surface area (Å²) in [5, 5.41) is 21.0. The minimum Gasteiger partial charge on any atom is -0.482 e. The van der Waals surface area contributed by atoms with Crippen molar-refractivity contribution in [2.24, 2.45) is 0 Å². The van der Waals surface area contributed by atoms with E-state index >= 15 is 0 Å². The van der Waals surface area contributed by atoms with Gasteiger partial charge in [-0.1, -0.05) is 42.5 Å². The number of nitrogens with one attached hydrogen (secondary N) is 1. The van der Waals surface area contributed by atoms with Crippen molar-refractivity contribution in [3.8, 4) is 11.8 Å². The molecule has 112 valence electrons. The molecule has 22 heavy (non-hydrogen) atoms. The van der Waals surface area contributed by atoms with Gasteiger partial charge in [0.2, 0.25) is 0 Å². The molecule has 0 heterocycles. The lowest BCUT2D eigenvalue weighted by atomic mass is 10.1. The number of benzene rings is 2. The molecule has 2 aromatic carbocycles. The molecular formula is C17H16N2O3. The second kappa shape index (κ2) is 7.81. The molecule has 0 aliphatic carbocycles. The van der Waals surface area contributed by atoms with Crippen LogP contribution in [-0.4, -0.2) is 24.2 Å². The van der Waals surface area contributed by atoms with Crippen LogP contribution in [0.2, 0.25) is 0 Å². The van der Waals surface area contributed by atoms with Crippen LogP contribution >= 0.6 is 0 Å². The Kier molecular flexibility index (Phi) is 5.52. The molecule has 0 radical (unpaired) electrons. The van der Waals surface area contributed by atoms with Crippen LogP contribution in [0.15, 0.2) is 54.6 Å². The number of nitrogens with zero attached hydrogens (tertiary/aromatic N) is 1. The third-order valence-electron chi connectivity index (χ3n) is 3.09. The van der Waals surface area contributed by atoms with Gasteiger partial charge in [0.25, 0.3) is 5.91 Å². The van der Waals surface area contributed by atoms with E-state index in [0.717, 1.165) is 5.56 Å². The van der Waals surface area contributed by atoms with Crippen molar-refractivity contribution in [1.29, 1.82) is 5.26 Å². The number of rotatable bonds is 6. The van der Waals surface area contributed by atoms with E-state index < -0.39 is 6.04 Å². The SMILES string of the molecule is N#Cc1ccccc1OCC(=O)NC(CO)c1ccccc1. The smallest absolute Gasteiger partial charge is 0.258 e. The highest BCUT2D eigenvalue weighted by atomic mass is 16.5. The summed E-state index contributed by atoms with van der Waals surface area (Å²) in [4.78, 5) is 11.9. The molecule has 2 rings (SSSR count). The fourth-order valence-corrected chi connectivity index (χ4v) is 1.98. The summed E-state index contributed by atoms with van der Waals surface area (Å²) in [5.74, 6) is -0.00365. The van der Waals surface area contributed by atoms with Crippen molar-refractivity contribution in [3.63, 3.8) is 0 Å². The molecule has 0 aliphatic rings. The predicted octanol–water partition coefficient (Wildman–Crippen LogP) is 1.79. The number of carbonyl (C=O) groups is 1. The minimum absolute atomic E-state index is 0.204. The van der Waals surface area contributed by atoms with Crippen molar-refractivity contribution >= 4 is 5.91 Å². The molecule has 0 spiro atoms. The number of amides is 1. The van der Waals surface area contributed by atoms with Gasteiger partial charge in [0.05, 0.1) is 18.2 Å². The number of nitriles is 1. The van der Waals surface area contributed by atoms with Crippen LogP contribution < -0.4 is 10.1 Å². The van der Waals surface area contributed by atoms with Crippen LogP contribution in [0.3, 0.4) is 0 Å². The minimum atomic E-state index is -0.483. The topological polar surface area (TPSA) is 82.3 Å². The lowest BCUT2D eigenvalue weighted by Crippen LogP contribution is -2.34. The standard InChI is InChI=1S/C17H16N2O3/c18-10-14-8-4-5-9-16(14)22-12-17(21)19-15(11-20)13-6-2-1-3-7-13/h1-9,15,20H,11-12H2,(H,19,21). The molecule has 0 saturated heterocycles. The van der Waals surface area contributed by atoms with Gasteiger partial charge in [-0.25, -0.2) is 0 Å². The van der Waals surface area contributed by atoms with Crippen LogP contribution in [0.5, 0.6) is 5.75 Å². The number of aliphatic hydroxyl groups excluding tert-OH is 1. The van der Waals surface area contributed by atoms with E-state index in [-0.39, 0.29) is 19.1 Å². The summed E-state index contributed by atoms with van der Waals surface area (Å²) in [7, 11) is 0. The molecule has 1 unspecified atom stereocenters. The number of carbonyl (C=O) groups excluding carboxylic acids is 1. The van der Waals surface area contributed by atoms with E-state index in [1.54, 1.807) is 24.3 Å². The number of hydrogen-bond acceptors (Lipinski definition) is 4. The maximum absolute atomic E-state index is 11.9. The van der Waals surface area contributed by atoms with E-state index in [1.807, 2.05) is 36.4 Å². The third kappa shape index (κ3) is 4.08. The zero-order valence-electron chi connectivity index (χ0n) is 11.9. The van der Waals surface area contributed by atoms with Gasteiger partial charge in [-0.3, -0.25) is 4.79 Å². The fourth-order valence-electron chi connectivity index (χ4n) is 1.98. The van der Waals surface area contributed by atoms with Gasteiger partial charge in [0.1, 0.15) is 11.8 Å². The summed E-state index contributed by atoms with van der Waals surface area (Å²) in [6.45, 7) is -0.424. The van der Waals surface area contributed by atoms with Crippen molar-refractivity contribution < 1.29 is 14.6 Å². The van der Waals surface area contributed by atoms with Gasteiger partial charge in [0, 0.05) is 0 Å². The summed E-state index contributed by atoms with van der Waals surface area (Å²) in [5.41, 5.74) is 1.19. The molecule has 1 amide bonds. The number of hydrogen-bond donors (Lipinski definition) is 2. The van der Waals surface area contributed by atoms with Gasteiger partial charge in [-0.2, -0.15) is 5.26 Å². The molecule has 1 atom stereocenters. The molecule has 2 aromatic rings. The lowest BCUT2D eigenvalue weighted by Gasteiger charge is -2.17. The summed E-state index contributed by atoms with van der Waals surface area (Å²) in [6, 6.07) is 17.4. The highest BCUT2D eigenvalue weighted by Crippen LogP contribution is 2.16. The molecule has 0 saturated carbocycles. The Morgan fingerprint density at radius 2 is 1.86 bits per heavy atom. The molecule has 5 heteroatoms. The quantitative estimate of drug-likeness (QED) is 0.851. The summed E-state index contributed by atoms with van der Waals surface area (Å²) in [6.07, 6.45) is 0. The van der Waals surface area contributed by atoms with Crippen LogP contribution in [0.1, 0.15) is 17.2 Å². The van der Waals surface area contributed by atoms with Crippen molar-refractivity contribution in [2.45, 2.75) is 6.04 Å². The Labute approximate surface area is 128 Å². The van der Waals surface area contributed by atoms with Crippen LogP contribution in [0, 0.1) is 11.3 Å². The maximum Gasteiger partial charge on any atom is 0.258 e. The Morgan fingerprint density at radius 1 is 1.18 bits per heavy atom. The molecule has 0 aromatic heterocycles. The highest BCUT2D eigenvalue weighted by molar-refractivity contribution is 5.78. The largest absolute Gasteiger partial charge is 0.482 e. The van der Waals surface area contributed by atoms with Gasteiger partial charge < -0.3 is 15.2 Å². The van der Waals surface area contributed by atoms with E-state index in [0.29, 0.717) is 11.3 Å². The van der Waals surface area contributed by atoms with Gasteiger partial charge in [-0.05, 0) is 17.7 Å². The average Bonchev–Trinajstić information content (AvgIpc) is 2.58. The number of aliphatic hydroxyl groups is 1. The second-order valence-corrected chi connectivity index (χ2v) is 4.61. The van der Waals surface area contributed by atoms with E-state index in [4.69, 9.17) is 10.00 Å². The number of ether oxygens (including phenoxy) is 1. The molecular weight excluding hydrogens is 280 g/mol. The summed E-state index contributed by atoms with van der Waals surface area (Å²) >= 11 is 0.